The fourth-order valence-corrected chi connectivity index (χ4v) is 4.15. The van der Waals surface area contributed by atoms with Gasteiger partial charge in [0.05, 0.1) is 17.4 Å². The molecule has 0 saturated carbocycles. The molecule has 2 aliphatic rings. The Morgan fingerprint density at radius 2 is 1.93 bits per heavy atom. The number of ether oxygens (including phenoxy) is 1. The fraction of sp³-hybridized carbons (Fsp3) is 0.632. The molecular weight excluding hydrogens is 366 g/mol. The van der Waals surface area contributed by atoms with Gasteiger partial charge in [-0.1, -0.05) is 6.07 Å². The van der Waals surface area contributed by atoms with Crippen molar-refractivity contribution in [1.82, 2.24) is 15.1 Å². The molecule has 1 atom stereocenters. The monoisotopic (exact) mass is 393 g/mol. The van der Waals surface area contributed by atoms with E-state index < -0.39 is 5.54 Å². The average Bonchev–Trinajstić information content (AvgIpc) is 3.30. The highest BCUT2D eigenvalue weighted by atomic mass is 32.1. The Balaban J connectivity index is 1.58. The molecule has 0 spiro atoms. The van der Waals surface area contributed by atoms with Crippen LogP contribution in [-0.2, 0) is 14.3 Å². The maximum absolute atomic E-state index is 13.0. The number of nitrogens with one attached hydrogen (secondary N) is 1. The number of carbonyl (C=O) groups excluding carboxylic acids is 3. The van der Waals surface area contributed by atoms with Crippen molar-refractivity contribution in [2.24, 2.45) is 5.92 Å². The van der Waals surface area contributed by atoms with Gasteiger partial charge in [-0.05, 0) is 38.1 Å². The maximum Gasteiger partial charge on any atom is 0.262 e. The van der Waals surface area contributed by atoms with Gasteiger partial charge in [0.2, 0.25) is 11.8 Å². The van der Waals surface area contributed by atoms with Gasteiger partial charge in [0.15, 0.2) is 0 Å². The zero-order valence-electron chi connectivity index (χ0n) is 15.9. The number of thiophene rings is 1. The smallest absolute Gasteiger partial charge is 0.262 e. The highest BCUT2D eigenvalue weighted by Crippen LogP contribution is 2.18. The normalized spacial score (nSPS) is 21.0. The van der Waals surface area contributed by atoms with Crippen LogP contribution in [-0.4, -0.2) is 72.5 Å². The zero-order chi connectivity index (χ0) is 19.4. The molecule has 7 nitrogen and oxygen atoms in total. The first-order chi connectivity index (χ1) is 12.9. The Morgan fingerprint density at radius 3 is 2.59 bits per heavy atom. The second-order valence-corrected chi connectivity index (χ2v) is 8.54. The molecule has 148 valence electrons. The lowest BCUT2D eigenvalue weighted by Crippen LogP contribution is -2.56. The van der Waals surface area contributed by atoms with E-state index in [0.29, 0.717) is 44.3 Å². The first kappa shape index (κ1) is 19.8. The molecule has 2 saturated heterocycles. The molecule has 27 heavy (non-hydrogen) atoms. The second-order valence-electron chi connectivity index (χ2n) is 7.59. The van der Waals surface area contributed by atoms with Crippen molar-refractivity contribution in [3.63, 3.8) is 0 Å². The van der Waals surface area contributed by atoms with Crippen LogP contribution >= 0.6 is 11.3 Å². The van der Waals surface area contributed by atoms with Crippen LogP contribution in [0.15, 0.2) is 17.5 Å². The van der Waals surface area contributed by atoms with Gasteiger partial charge in [-0.15, -0.1) is 11.3 Å². The van der Waals surface area contributed by atoms with E-state index >= 15 is 0 Å². The minimum Gasteiger partial charge on any atom is -0.381 e. The van der Waals surface area contributed by atoms with Gasteiger partial charge < -0.3 is 19.9 Å². The molecule has 1 unspecified atom stereocenters. The van der Waals surface area contributed by atoms with Crippen molar-refractivity contribution in [2.75, 3.05) is 39.4 Å². The van der Waals surface area contributed by atoms with E-state index in [1.807, 2.05) is 16.3 Å². The summed E-state index contributed by atoms with van der Waals surface area (Å²) in [6.07, 6.45) is 1.51. The van der Waals surface area contributed by atoms with Crippen LogP contribution in [0.2, 0.25) is 0 Å². The van der Waals surface area contributed by atoms with E-state index in [2.05, 4.69) is 5.32 Å². The predicted molar refractivity (Wildman–Crippen MR) is 103 cm³/mol. The molecule has 2 aliphatic heterocycles. The number of rotatable bonds is 4. The Morgan fingerprint density at radius 1 is 1.19 bits per heavy atom. The van der Waals surface area contributed by atoms with Gasteiger partial charge >= 0.3 is 0 Å². The van der Waals surface area contributed by atoms with E-state index in [-0.39, 0.29) is 23.6 Å². The molecule has 8 heteroatoms. The molecule has 3 heterocycles. The molecule has 0 aromatic carbocycles. The topological polar surface area (TPSA) is 79.0 Å². The largest absolute Gasteiger partial charge is 0.381 e. The average molecular weight is 394 g/mol. The number of amides is 3. The van der Waals surface area contributed by atoms with Crippen LogP contribution in [0.1, 0.15) is 36.4 Å². The summed E-state index contributed by atoms with van der Waals surface area (Å²) in [5.74, 6) is -0.275. The fourth-order valence-electron chi connectivity index (χ4n) is 3.53. The number of hydrogen-bond donors (Lipinski definition) is 1. The molecule has 0 bridgehead atoms. The van der Waals surface area contributed by atoms with Crippen LogP contribution in [0.5, 0.6) is 0 Å². The Labute approximate surface area is 163 Å². The van der Waals surface area contributed by atoms with Gasteiger partial charge in [-0.25, -0.2) is 0 Å². The number of hydrogen-bond acceptors (Lipinski definition) is 5. The Hall–Kier alpha value is -1.93. The summed E-state index contributed by atoms with van der Waals surface area (Å²) in [5, 5.41) is 4.67. The van der Waals surface area contributed by atoms with Crippen LogP contribution in [0, 0.1) is 5.92 Å². The van der Waals surface area contributed by atoms with E-state index in [1.54, 1.807) is 24.8 Å². The van der Waals surface area contributed by atoms with Crippen LogP contribution < -0.4 is 5.32 Å². The lowest BCUT2D eigenvalue weighted by Gasteiger charge is -2.32. The molecule has 3 rings (SSSR count). The molecule has 1 aromatic rings. The minimum absolute atomic E-state index is 0.0474. The van der Waals surface area contributed by atoms with Crippen LogP contribution in [0.25, 0.3) is 0 Å². The molecule has 0 aliphatic carbocycles. The van der Waals surface area contributed by atoms with Crippen molar-refractivity contribution >= 4 is 29.1 Å². The summed E-state index contributed by atoms with van der Waals surface area (Å²) in [7, 11) is 0. The van der Waals surface area contributed by atoms with E-state index in [0.717, 1.165) is 12.8 Å². The third-order valence-corrected chi connectivity index (χ3v) is 5.95. The summed E-state index contributed by atoms with van der Waals surface area (Å²) in [6, 6.07) is 3.55. The van der Waals surface area contributed by atoms with Crippen molar-refractivity contribution < 1.29 is 19.1 Å². The molecule has 3 amide bonds. The van der Waals surface area contributed by atoms with Gasteiger partial charge in [-0.3, -0.25) is 14.4 Å². The van der Waals surface area contributed by atoms with Crippen LogP contribution in [0.3, 0.4) is 0 Å². The van der Waals surface area contributed by atoms with Crippen molar-refractivity contribution in [3.05, 3.63) is 22.4 Å². The summed E-state index contributed by atoms with van der Waals surface area (Å²) in [5.41, 5.74) is -1.00. The lowest BCUT2D eigenvalue weighted by atomic mass is 10.0. The standard InChI is InChI=1S/C19H27N3O4S/c1-19(2,20-16(23)15-5-3-12-27-15)18(25)22-8-4-7-21(9-10-22)17(24)14-6-11-26-13-14/h3,5,12,14H,4,6-11,13H2,1-2H3,(H,20,23). The SMILES string of the molecule is CC(C)(NC(=O)c1cccs1)C(=O)N1CCCN(C(=O)C2CCOC2)CC1. The second kappa shape index (κ2) is 8.39. The van der Waals surface area contributed by atoms with Crippen molar-refractivity contribution in [1.29, 1.82) is 0 Å². The maximum atomic E-state index is 13.0. The number of nitrogens with zero attached hydrogens (tertiary/aromatic N) is 2. The molecule has 0 radical (unpaired) electrons. The quantitative estimate of drug-likeness (QED) is 0.838. The first-order valence-corrected chi connectivity index (χ1v) is 10.3. The summed E-state index contributed by atoms with van der Waals surface area (Å²) < 4.78 is 5.32. The Kier molecular flexibility index (Phi) is 6.16. The third kappa shape index (κ3) is 4.68. The van der Waals surface area contributed by atoms with E-state index in [4.69, 9.17) is 4.74 Å². The molecular formula is C19H27N3O4S. The van der Waals surface area contributed by atoms with Crippen molar-refractivity contribution in [3.8, 4) is 0 Å². The predicted octanol–water partition coefficient (Wildman–Crippen LogP) is 1.35. The summed E-state index contributed by atoms with van der Waals surface area (Å²) >= 11 is 1.35. The highest BCUT2D eigenvalue weighted by Gasteiger charge is 2.36. The first-order valence-electron chi connectivity index (χ1n) is 9.40. The number of carbonyl (C=O) groups is 3. The van der Waals surface area contributed by atoms with Gasteiger partial charge in [0.1, 0.15) is 5.54 Å². The summed E-state index contributed by atoms with van der Waals surface area (Å²) in [6.45, 7) is 6.84. The Bertz CT molecular complexity index is 683. The zero-order valence-corrected chi connectivity index (χ0v) is 16.7. The third-order valence-electron chi connectivity index (χ3n) is 5.08. The molecule has 2 fully saturated rings. The van der Waals surface area contributed by atoms with Gasteiger partial charge in [0, 0.05) is 32.8 Å². The lowest BCUT2D eigenvalue weighted by molar-refractivity contribution is -0.138. The van der Waals surface area contributed by atoms with Crippen LogP contribution in [0.4, 0.5) is 0 Å². The molecule has 1 N–H and O–H groups in total. The summed E-state index contributed by atoms with van der Waals surface area (Å²) in [4.78, 5) is 42.1. The van der Waals surface area contributed by atoms with E-state index in [1.165, 1.54) is 11.3 Å². The minimum atomic E-state index is -1.00. The van der Waals surface area contributed by atoms with Crippen molar-refractivity contribution in [2.45, 2.75) is 32.2 Å². The van der Waals surface area contributed by atoms with Gasteiger partial charge in [-0.2, -0.15) is 0 Å². The van der Waals surface area contributed by atoms with Gasteiger partial charge in [0.25, 0.3) is 5.91 Å². The molecule has 1 aromatic heterocycles. The highest BCUT2D eigenvalue weighted by molar-refractivity contribution is 7.12. The van der Waals surface area contributed by atoms with E-state index in [9.17, 15) is 14.4 Å².